The number of nitrogens with one attached hydrogen (secondary N) is 1. The summed E-state index contributed by atoms with van der Waals surface area (Å²) in [4.78, 5) is 21.4. The largest absolute Gasteiger partial charge is 0.462 e. The minimum absolute atomic E-state index is 0.0335. The first-order valence-electron chi connectivity index (χ1n) is 5.46. The molecule has 0 saturated carbocycles. The molecule has 1 aromatic carbocycles. The van der Waals surface area contributed by atoms with Crippen molar-refractivity contribution in [3.05, 3.63) is 45.6 Å². The molecular weight excluding hydrogens is 236 g/mol. The number of nitro benzene ring substituents is 1. The Bertz CT molecular complexity index is 519. The second-order valence-electron chi connectivity index (χ2n) is 3.92. The third-order valence-electron chi connectivity index (χ3n) is 2.69. The lowest BCUT2D eigenvalue weighted by Gasteiger charge is -2.07. The topological polar surface area (TPSA) is 81.5 Å². The summed E-state index contributed by atoms with van der Waals surface area (Å²) in [6.45, 7) is 2.19. The Labute approximate surface area is 103 Å². The van der Waals surface area contributed by atoms with Crippen molar-refractivity contribution in [3.8, 4) is 0 Å². The SMILES string of the molecule is CC(Nc1ccc([N+](=O)[O-])cc1)=C1CCOC1=O. The number of ether oxygens (including phenoxy) is 1. The molecule has 0 spiro atoms. The van der Waals surface area contributed by atoms with E-state index >= 15 is 0 Å². The Kier molecular flexibility index (Phi) is 3.27. The van der Waals surface area contributed by atoms with Crippen molar-refractivity contribution in [2.45, 2.75) is 13.3 Å². The standard InChI is InChI=1S/C12H12N2O4/c1-8(11-6-7-18-12(11)15)13-9-2-4-10(5-3-9)14(16)17/h2-5,13H,6-7H2,1H3. The molecule has 0 bridgehead atoms. The minimum atomic E-state index is -0.455. The average Bonchev–Trinajstić information content (AvgIpc) is 2.76. The molecule has 1 aliphatic heterocycles. The molecule has 18 heavy (non-hydrogen) atoms. The lowest BCUT2D eigenvalue weighted by molar-refractivity contribution is -0.384. The molecule has 6 heteroatoms. The zero-order valence-corrected chi connectivity index (χ0v) is 9.80. The number of nitro groups is 1. The number of hydrogen-bond acceptors (Lipinski definition) is 5. The van der Waals surface area contributed by atoms with Crippen LogP contribution in [0.25, 0.3) is 0 Å². The van der Waals surface area contributed by atoms with Gasteiger partial charge in [0.15, 0.2) is 0 Å². The van der Waals surface area contributed by atoms with E-state index in [1.54, 1.807) is 19.1 Å². The van der Waals surface area contributed by atoms with Gasteiger partial charge in [0.2, 0.25) is 0 Å². The van der Waals surface area contributed by atoms with Gasteiger partial charge in [-0.3, -0.25) is 10.1 Å². The maximum absolute atomic E-state index is 11.3. The van der Waals surface area contributed by atoms with Crippen LogP contribution in [-0.2, 0) is 9.53 Å². The molecule has 2 rings (SSSR count). The summed E-state index contributed by atoms with van der Waals surface area (Å²) in [5.74, 6) is -0.304. The highest BCUT2D eigenvalue weighted by molar-refractivity contribution is 5.91. The molecule has 0 radical (unpaired) electrons. The van der Waals surface area contributed by atoms with Crippen LogP contribution in [0, 0.1) is 10.1 Å². The number of esters is 1. The number of allylic oxidation sites excluding steroid dienone is 1. The van der Waals surface area contributed by atoms with Gasteiger partial charge in [0.05, 0.1) is 17.1 Å². The van der Waals surface area contributed by atoms with E-state index in [1.807, 2.05) is 0 Å². The highest BCUT2D eigenvalue weighted by Gasteiger charge is 2.21. The number of rotatable bonds is 3. The quantitative estimate of drug-likeness (QED) is 0.384. The fourth-order valence-electron chi connectivity index (χ4n) is 1.73. The maximum Gasteiger partial charge on any atom is 0.335 e. The second-order valence-corrected chi connectivity index (χ2v) is 3.92. The van der Waals surface area contributed by atoms with Crippen molar-refractivity contribution < 1.29 is 14.5 Å². The van der Waals surface area contributed by atoms with Gasteiger partial charge in [-0.15, -0.1) is 0 Å². The molecule has 0 aromatic heterocycles. The lowest BCUT2D eigenvalue weighted by Crippen LogP contribution is -2.04. The molecule has 0 amide bonds. The van der Waals surface area contributed by atoms with Crippen LogP contribution >= 0.6 is 0 Å². The third kappa shape index (κ3) is 2.48. The van der Waals surface area contributed by atoms with Gasteiger partial charge < -0.3 is 10.1 Å². The smallest absolute Gasteiger partial charge is 0.335 e. The van der Waals surface area contributed by atoms with E-state index in [2.05, 4.69) is 5.32 Å². The molecule has 94 valence electrons. The van der Waals surface area contributed by atoms with Gasteiger partial charge in [-0.05, 0) is 19.1 Å². The van der Waals surface area contributed by atoms with Crippen molar-refractivity contribution in [1.82, 2.24) is 0 Å². The molecule has 0 aliphatic carbocycles. The summed E-state index contributed by atoms with van der Waals surface area (Å²) in [6.07, 6.45) is 0.588. The predicted octanol–water partition coefficient (Wildman–Crippen LogP) is 2.23. The minimum Gasteiger partial charge on any atom is -0.462 e. The van der Waals surface area contributed by atoms with E-state index in [0.29, 0.717) is 30.0 Å². The Morgan fingerprint density at radius 1 is 1.39 bits per heavy atom. The number of carbonyl (C=O) groups excluding carboxylic acids is 1. The van der Waals surface area contributed by atoms with Gasteiger partial charge in [-0.1, -0.05) is 0 Å². The van der Waals surface area contributed by atoms with Crippen LogP contribution in [0.15, 0.2) is 35.5 Å². The van der Waals surface area contributed by atoms with Crippen LogP contribution in [-0.4, -0.2) is 17.5 Å². The van der Waals surface area contributed by atoms with Gasteiger partial charge >= 0.3 is 5.97 Å². The zero-order chi connectivity index (χ0) is 13.1. The number of nitrogens with zero attached hydrogens (tertiary/aromatic N) is 1. The first kappa shape index (κ1) is 12.1. The molecule has 1 saturated heterocycles. The molecule has 0 atom stereocenters. The average molecular weight is 248 g/mol. The predicted molar refractivity (Wildman–Crippen MR) is 65.0 cm³/mol. The first-order chi connectivity index (χ1) is 8.58. The number of hydrogen-bond donors (Lipinski definition) is 1. The fourth-order valence-corrected chi connectivity index (χ4v) is 1.73. The molecular formula is C12H12N2O4. The van der Waals surface area contributed by atoms with Gasteiger partial charge in [0.25, 0.3) is 5.69 Å². The number of anilines is 1. The van der Waals surface area contributed by atoms with Gasteiger partial charge in [0, 0.05) is 29.9 Å². The van der Waals surface area contributed by atoms with Crippen molar-refractivity contribution in [2.75, 3.05) is 11.9 Å². The highest BCUT2D eigenvalue weighted by atomic mass is 16.6. The highest BCUT2D eigenvalue weighted by Crippen LogP contribution is 2.21. The number of non-ortho nitro benzene ring substituents is 1. The van der Waals surface area contributed by atoms with Crippen LogP contribution in [0.3, 0.4) is 0 Å². The summed E-state index contributed by atoms with van der Waals surface area (Å²) in [6, 6.07) is 6.02. The monoisotopic (exact) mass is 248 g/mol. The van der Waals surface area contributed by atoms with Crippen molar-refractivity contribution in [1.29, 1.82) is 0 Å². The van der Waals surface area contributed by atoms with Crippen LogP contribution < -0.4 is 5.32 Å². The van der Waals surface area contributed by atoms with Gasteiger partial charge in [-0.2, -0.15) is 0 Å². The second kappa shape index (κ2) is 4.87. The summed E-state index contributed by atoms with van der Waals surface area (Å²) < 4.78 is 4.85. The van der Waals surface area contributed by atoms with Crippen molar-refractivity contribution in [3.63, 3.8) is 0 Å². The Morgan fingerprint density at radius 2 is 2.06 bits per heavy atom. The molecule has 1 aliphatic rings. The van der Waals surface area contributed by atoms with Crippen LogP contribution in [0.5, 0.6) is 0 Å². The summed E-state index contributed by atoms with van der Waals surface area (Å²) >= 11 is 0. The first-order valence-corrected chi connectivity index (χ1v) is 5.46. The number of cyclic esters (lactones) is 1. The Hall–Kier alpha value is -2.37. The van der Waals surface area contributed by atoms with E-state index in [4.69, 9.17) is 4.74 Å². The fraction of sp³-hybridized carbons (Fsp3) is 0.250. The van der Waals surface area contributed by atoms with Crippen molar-refractivity contribution >= 4 is 17.3 Å². The van der Waals surface area contributed by atoms with Crippen molar-refractivity contribution in [2.24, 2.45) is 0 Å². The Morgan fingerprint density at radius 3 is 2.56 bits per heavy atom. The third-order valence-corrected chi connectivity index (χ3v) is 2.69. The van der Waals surface area contributed by atoms with Crippen LogP contribution in [0.1, 0.15) is 13.3 Å². The molecule has 0 unspecified atom stereocenters. The van der Waals surface area contributed by atoms with E-state index in [9.17, 15) is 14.9 Å². The normalized spacial score (nSPS) is 17.3. The molecule has 1 N–H and O–H groups in total. The van der Waals surface area contributed by atoms with Gasteiger partial charge in [0.1, 0.15) is 0 Å². The van der Waals surface area contributed by atoms with Crippen LogP contribution in [0.2, 0.25) is 0 Å². The van der Waals surface area contributed by atoms with E-state index in [1.165, 1.54) is 12.1 Å². The number of benzene rings is 1. The van der Waals surface area contributed by atoms with Crippen LogP contribution in [0.4, 0.5) is 11.4 Å². The van der Waals surface area contributed by atoms with E-state index in [0.717, 1.165) is 0 Å². The van der Waals surface area contributed by atoms with E-state index in [-0.39, 0.29) is 11.7 Å². The van der Waals surface area contributed by atoms with E-state index < -0.39 is 4.92 Å². The zero-order valence-electron chi connectivity index (χ0n) is 9.80. The lowest BCUT2D eigenvalue weighted by atomic mass is 10.2. The number of carbonyl (C=O) groups is 1. The summed E-state index contributed by atoms with van der Waals surface area (Å²) in [5, 5.41) is 13.5. The molecule has 6 nitrogen and oxygen atoms in total. The molecule has 1 aromatic rings. The summed E-state index contributed by atoms with van der Waals surface area (Å²) in [7, 11) is 0. The maximum atomic E-state index is 11.3. The molecule has 1 fully saturated rings. The van der Waals surface area contributed by atoms with Gasteiger partial charge in [-0.25, -0.2) is 4.79 Å². The Balaban J connectivity index is 2.14. The molecule has 1 heterocycles. The summed E-state index contributed by atoms with van der Waals surface area (Å²) in [5.41, 5.74) is 2.07.